The summed E-state index contributed by atoms with van der Waals surface area (Å²) in [6, 6.07) is 8.06. The number of hydrogen-bond acceptors (Lipinski definition) is 4. The second-order valence-electron chi connectivity index (χ2n) is 4.80. The Morgan fingerprint density at radius 3 is 2.25 bits per heavy atom. The van der Waals surface area contributed by atoms with Gasteiger partial charge in [0.05, 0.1) is 25.5 Å². The summed E-state index contributed by atoms with van der Waals surface area (Å²) in [7, 11) is 2.93. The van der Waals surface area contributed by atoms with Crippen LogP contribution in [0.5, 0.6) is 11.5 Å². The molecule has 0 bridgehead atoms. The molecule has 0 saturated carbocycles. The monoisotopic (exact) mass is 334 g/mol. The topological polar surface area (TPSA) is 59.9 Å². The summed E-state index contributed by atoms with van der Waals surface area (Å²) >= 11 is 0. The minimum atomic E-state index is -0.753. The van der Waals surface area contributed by atoms with Gasteiger partial charge in [-0.2, -0.15) is 5.10 Å². The lowest BCUT2D eigenvalue weighted by Gasteiger charge is -2.09. The highest BCUT2D eigenvalue weighted by Crippen LogP contribution is 2.27. The average molecular weight is 334 g/mol. The number of halogens is 2. The number of methoxy groups -OCH3 is 2. The zero-order valence-electron chi connectivity index (χ0n) is 13.4. The van der Waals surface area contributed by atoms with Crippen LogP contribution in [-0.2, 0) is 0 Å². The number of benzene rings is 2. The van der Waals surface area contributed by atoms with Gasteiger partial charge in [0.1, 0.15) is 11.6 Å². The van der Waals surface area contributed by atoms with E-state index < -0.39 is 17.5 Å². The van der Waals surface area contributed by atoms with Crippen molar-refractivity contribution in [3.63, 3.8) is 0 Å². The smallest absolute Gasteiger partial charge is 0.271 e. The van der Waals surface area contributed by atoms with Gasteiger partial charge in [0.2, 0.25) is 0 Å². The first-order valence-electron chi connectivity index (χ1n) is 6.99. The van der Waals surface area contributed by atoms with Crippen LogP contribution in [0.15, 0.2) is 41.5 Å². The maximum absolute atomic E-state index is 13.7. The maximum Gasteiger partial charge on any atom is 0.271 e. The van der Waals surface area contributed by atoms with Crippen LogP contribution in [0, 0.1) is 11.6 Å². The van der Waals surface area contributed by atoms with Gasteiger partial charge in [-0.25, -0.2) is 14.2 Å². The Morgan fingerprint density at radius 2 is 1.67 bits per heavy atom. The molecule has 0 radical (unpaired) electrons. The van der Waals surface area contributed by atoms with Crippen molar-refractivity contribution in [1.82, 2.24) is 5.43 Å². The van der Waals surface area contributed by atoms with Crippen molar-refractivity contribution in [2.45, 2.75) is 6.92 Å². The van der Waals surface area contributed by atoms with Gasteiger partial charge in [0.25, 0.3) is 5.91 Å². The molecule has 0 atom stereocenters. The average Bonchev–Trinajstić information content (AvgIpc) is 2.58. The largest absolute Gasteiger partial charge is 0.493 e. The lowest BCUT2D eigenvalue weighted by atomic mass is 10.1. The van der Waals surface area contributed by atoms with E-state index in [1.54, 1.807) is 6.07 Å². The molecule has 0 aliphatic carbocycles. The van der Waals surface area contributed by atoms with Crippen LogP contribution in [-0.4, -0.2) is 25.8 Å². The van der Waals surface area contributed by atoms with Crippen LogP contribution < -0.4 is 14.9 Å². The molecule has 0 spiro atoms. The van der Waals surface area contributed by atoms with Gasteiger partial charge < -0.3 is 9.47 Å². The van der Waals surface area contributed by atoms with Crippen LogP contribution in [0.4, 0.5) is 8.78 Å². The second-order valence-corrected chi connectivity index (χ2v) is 4.80. The molecule has 0 unspecified atom stereocenters. The third-order valence-corrected chi connectivity index (χ3v) is 3.30. The summed E-state index contributed by atoms with van der Waals surface area (Å²) in [5.41, 5.74) is 2.25. The van der Waals surface area contributed by atoms with Crippen molar-refractivity contribution >= 4 is 11.6 Å². The molecule has 2 aromatic rings. The standard InChI is InChI=1S/C17H16F2N2O3/c1-10(16-12(18)5-4-6-13(16)19)20-21-17(22)11-7-8-14(23-2)15(9-11)24-3/h4-9H,1-3H3,(H,21,22)/b20-10-. The van der Waals surface area contributed by atoms with Crippen molar-refractivity contribution in [3.8, 4) is 11.5 Å². The van der Waals surface area contributed by atoms with E-state index in [-0.39, 0.29) is 16.8 Å². The van der Waals surface area contributed by atoms with E-state index in [2.05, 4.69) is 10.5 Å². The van der Waals surface area contributed by atoms with Crippen molar-refractivity contribution in [2.24, 2.45) is 5.10 Å². The van der Waals surface area contributed by atoms with E-state index in [0.717, 1.165) is 12.1 Å². The zero-order chi connectivity index (χ0) is 17.7. The predicted octanol–water partition coefficient (Wildman–Crippen LogP) is 3.14. The molecule has 0 aliphatic heterocycles. The van der Waals surface area contributed by atoms with Crippen molar-refractivity contribution in [1.29, 1.82) is 0 Å². The minimum absolute atomic E-state index is 0.0134. The third-order valence-electron chi connectivity index (χ3n) is 3.30. The van der Waals surface area contributed by atoms with E-state index in [0.29, 0.717) is 11.5 Å². The molecule has 0 fully saturated rings. The molecule has 2 rings (SSSR count). The number of rotatable bonds is 5. The lowest BCUT2D eigenvalue weighted by molar-refractivity contribution is 0.0954. The van der Waals surface area contributed by atoms with Crippen molar-refractivity contribution in [3.05, 3.63) is 59.2 Å². The Balaban J connectivity index is 2.21. The minimum Gasteiger partial charge on any atom is -0.493 e. The molecule has 24 heavy (non-hydrogen) atoms. The van der Waals surface area contributed by atoms with Gasteiger partial charge >= 0.3 is 0 Å². The van der Waals surface area contributed by atoms with Gasteiger partial charge in [-0.3, -0.25) is 4.79 Å². The number of hydrogen-bond donors (Lipinski definition) is 1. The molecular formula is C17H16F2N2O3. The number of carbonyl (C=O) groups is 1. The number of nitrogens with one attached hydrogen (secondary N) is 1. The maximum atomic E-state index is 13.7. The van der Waals surface area contributed by atoms with Crippen molar-refractivity contribution in [2.75, 3.05) is 14.2 Å². The van der Waals surface area contributed by atoms with Gasteiger partial charge in [-0.1, -0.05) is 6.07 Å². The van der Waals surface area contributed by atoms with E-state index in [9.17, 15) is 13.6 Å². The fraction of sp³-hybridized carbons (Fsp3) is 0.176. The Labute approximate surface area is 137 Å². The summed E-state index contributed by atoms with van der Waals surface area (Å²) < 4.78 is 37.5. The SMILES string of the molecule is COc1ccc(C(=O)N/N=C(/C)c2c(F)cccc2F)cc1OC. The molecule has 1 N–H and O–H groups in total. The fourth-order valence-electron chi connectivity index (χ4n) is 2.08. The highest BCUT2D eigenvalue weighted by Gasteiger charge is 2.13. The number of ether oxygens (including phenoxy) is 2. The highest BCUT2D eigenvalue weighted by molar-refractivity contribution is 6.01. The van der Waals surface area contributed by atoms with E-state index in [1.165, 1.54) is 39.3 Å². The van der Waals surface area contributed by atoms with Crippen LogP contribution in [0.25, 0.3) is 0 Å². The summed E-state index contributed by atoms with van der Waals surface area (Å²) in [6.45, 7) is 1.40. The van der Waals surface area contributed by atoms with Gasteiger partial charge in [0, 0.05) is 5.56 Å². The van der Waals surface area contributed by atoms with Crippen LogP contribution >= 0.6 is 0 Å². The molecular weight excluding hydrogens is 318 g/mol. The fourth-order valence-corrected chi connectivity index (χ4v) is 2.08. The molecule has 2 aromatic carbocycles. The van der Waals surface area contributed by atoms with Gasteiger partial charge in [-0.05, 0) is 37.3 Å². The first-order chi connectivity index (χ1) is 11.5. The number of amides is 1. The number of nitrogens with zero attached hydrogens (tertiary/aromatic N) is 1. The molecule has 0 heterocycles. The summed E-state index contributed by atoms with van der Waals surface area (Å²) in [6.07, 6.45) is 0. The van der Waals surface area contributed by atoms with Gasteiger partial charge in [0.15, 0.2) is 11.5 Å². The zero-order valence-corrected chi connectivity index (χ0v) is 13.4. The Hall–Kier alpha value is -2.96. The molecule has 7 heteroatoms. The molecule has 1 amide bonds. The summed E-state index contributed by atoms with van der Waals surface area (Å²) in [4.78, 5) is 12.1. The Kier molecular flexibility index (Phi) is 5.47. The van der Waals surface area contributed by atoms with Crippen molar-refractivity contribution < 1.29 is 23.0 Å². The van der Waals surface area contributed by atoms with E-state index in [4.69, 9.17) is 9.47 Å². The van der Waals surface area contributed by atoms with Crippen LogP contribution in [0.1, 0.15) is 22.8 Å². The first kappa shape index (κ1) is 17.4. The molecule has 0 saturated heterocycles. The normalized spacial score (nSPS) is 11.1. The summed E-state index contributed by atoms with van der Waals surface area (Å²) in [5.74, 6) is -1.20. The molecule has 5 nitrogen and oxygen atoms in total. The quantitative estimate of drug-likeness (QED) is 0.675. The van der Waals surface area contributed by atoms with E-state index in [1.807, 2.05) is 0 Å². The number of carbonyl (C=O) groups excluding carboxylic acids is 1. The van der Waals surface area contributed by atoms with Crippen LogP contribution in [0.3, 0.4) is 0 Å². The lowest BCUT2D eigenvalue weighted by Crippen LogP contribution is -2.20. The Morgan fingerprint density at radius 1 is 1.04 bits per heavy atom. The molecule has 0 aromatic heterocycles. The highest BCUT2D eigenvalue weighted by atomic mass is 19.1. The molecule has 0 aliphatic rings. The first-order valence-corrected chi connectivity index (χ1v) is 6.99. The summed E-state index contributed by atoms with van der Waals surface area (Å²) in [5, 5.41) is 3.76. The van der Waals surface area contributed by atoms with E-state index >= 15 is 0 Å². The Bertz CT molecular complexity index is 771. The third kappa shape index (κ3) is 3.68. The van der Waals surface area contributed by atoms with Gasteiger partial charge in [-0.15, -0.1) is 0 Å². The predicted molar refractivity (Wildman–Crippen MR) is 85.6 cm³/mol. The van der Waals surface area contributed by atoms with Crippen LogP contribution in [0.2, 0.25) is 0 Å². The molecule has 126 valence electrons. The second kappa shape index (κ2) is 7.54. The number of hydrazone groups is 1.